The molecule has 0 amide bonds. The van der Waals surface area contributed by atoms with E-state index in [0.717, 1.165) is 23.5 Å². The van der Waals surface area contributed by atoms with Gasteiger partial charge in [-0.3, -0.25) is 4.79 Å². The Balaban J connectivity index is 2.18. The Morgan fingerprint density at radius 2 is 2.24 bits per heavy atom. The molecule has 1 aliphatic rings. The number of ether oxygens (including phenoxy) is 1. The molecule has 0 bridgehead atoms. The quantitative estimate of drug-likeness (QED) is 0.752. The predicted molar refractivity (Wildman–Crippen MR) is 70.9 cm³/mol. The number of carbonyl (C=O) groups is 1. The summed E-state index contributed by atoms with van der Waals surface area (Å²) in [6.07, 6.45) is 5.85. The van der Waals surface area contributed by atoms with Gasteiger partial charge in [-0.2, -0.15) is 0 Å². The second-order valence-corrected chi connectivity index (χ2v) is 5.66. The SMILES string of the molecule is CCC1CCCCC1C(=O)c1sccc1OC. The molecular weight excluding hydrogens is 232 g/mol. The molecule has 0 spiro atoms. The molecule has 1 aliphatic carbocycles. The van der Waals surface area contributed by atoms with E-state index in [2.05, 4.69) is 6.92 Å². The Bertz CT molecular complexity index is 383. The molecule has 0 saturated heterocycles. The van der Waals surface area contributed by atoms with Crippen LogP contribution in [0.3, 0.4) is 0 Å². The first-order chi connectivity index (χ1) is 8.27. The zero-order chi connectivity index (χ0) is 12.3. The van der Waals surface area contributed by atoms with Gasteiger partial charge in [0.25, 0.3) is 0 Å². The van der Waals surface area contributed by atoms with Crippen LogP contribution in [0.15, 0.2) is 11.4 Å². The van der Waals surface area contributed by atoms with Crippen molar-refractivity contribution in [1.82, 2.24) is 0 Å². The van der Waals surface area contributed by atoms with Gasteiger partial charge in [-0.05, 0) is 30.2 Å². The van der Waals surface area contributed by atoms with Crippen molar-refractivity contribution < 1.29 is 9.53 Å². The number of hydrogen-bond donors (Lipinski definition) is 0. The highest BCUT2D eigenvalue weighted by Crippen LogP contribution is 2.37. The van der Waals surface area contributed by atoms with E-state index in [4.69, 9.17) is 4.74 Å². The number of Topliss-reactive ketones (excluding diaryl/α,β-unsaturated/α-hetero) is 1. The van der Waals surface area contributed by atoms with Crippen LogP contribution >= 0.6 is 11.3 Å². The van der Waals surface area contributed by atoms with E-state index in [-0.39, 0.29) is 5.92 Å². The summed E-state index contributed by atoms with van der Waals surface area (Å²) in [6.45, 7) is 2.20. The maximum absolute atomic E-state index is 12.5. The molecule has 3 heteroatoms. The molecule has 2 unspecified atom stereocenters. The van der Waals surface area contributed by atoms with Crippen LogP contribution in [0.4, 0.5) is 0 Å². The number of hydrogen-bond acceptors (Lipinski definition) is 3. The van der Waals surface area contributed by atoms with E-state index in [9.17, 15) is 4.79 Å². The van der Waals surface area contributed by atoms with E-state index >= 15 is 0 Å². The first-order valence-electron chi connectivity index (χ1n) is 6.43. The van der Waals surface area contributed by atoms with Crippen LogP contribution in [-0.2, 0) is 0 Å². The highest BCUT2D eigenvalue weighted by Gasteiger charge is 2.32. The van der Waals surface area contributed by atoms with Gasteiger partial charge in [0.2, 0.25) is 0 Å². The number of methoxy groups -OCH3 is 1. The molecule has 0 aliphatic heterocycles. The minimum Gasteiger partial charge on any atom is -0.495 e. The average Bonchev–Trinajstić information content (AvgIpc) is 2.86. The van der Waals surface area contributed by atoms with E-state index in [1.165, 1.54) is 30.6 Å². The molecule has 17 heavy (non-hydrogen) atoms. The summed E-state index contributed by atoms with van der Waals surface area (Å²) in [6, 6.07) is 1.89. The molecule has 94 valence electrons. The second-order valence-electron chi connectivity index (χ2n) is 4.74. The summed E-state index contributed by atoms with van der Waals surface area (Å²) in [5, 5.41) is 1.94. The fourth-order valence-corrected chi connectivity index (χ4v) is 3.71. The summed E-state index contributed by atoms with van der Waals surface area (Å²) in [5.74, 6) is 1.85. The van der Waals surface area contributed by atoms with Crippen molar-refractivity contribution in [2.45, 2.75) is 39.0 Å². The molecule has 2 nitrogen and oxygen atoms in total. The maximum atomic E-state index is 12.5. The number of rotatable bonds is 4. The standard InChI is InChI=1S/C14H20O2S/c1-3-10-6-4-5-7-11(10)13(15)14-12(16-2)8-9-17-14/h8-11H,3-7H2,1-2H3. The van der Waals surface area contributed by atoms with Crippen LogP contribution < -0.4 is 4.74 Å². The molecule has 1 heterocycles. The third kappa shape index (κ3) is 2.54. The number of carbonyl (C=O) groups excluding carboxylic acids is 1. The smallest absolute Gasteiger partial charge is 0.179 e. The van der Waals surface area contributed by atoms with Crippen molar-refractivity contribution in [1.29, 1.82) is 0 Å². The van der Waals surface area contributed by atoms with Crippen molar-refractivity contribution in [2.75, 3.05) is 7.11 Å². The molecule has 2 rings (SSSR count). The van der Waals surface area contributed by atoms with Gasteiger partial charge in [-0.15, -0.1) is 11.3 Å². The Hall–Kier alpha value is -0.830. The van der Waals surface area contributed by atoms with Crippen LogP contribution in [0.1, 0.15) is 48.7 Å². The molecule has 0 N–H and O–H groups in total. The lowest BCUT2D eigenvalue weighted by Crippen LogP contribution is -2.26. The number of ketones is 1. The van der Waals surface area contributed by atoms with Crippen LogP contribution in [0.5, 0.6) is 5.75 Å². The predicted octanol–water partition coefficient (Wildman–Crippen LogP) is 4.16. The van der Waals surface area contributed by atoms with Crippen LogP contribution in [-0.4, -0.2) is 12.9 Å². The van der Waals surface area contributed by atoms with Gasteiger partial charge in [0.05, 0.1) is 7.11 Å². The van der Waals surface area contributed by atoms with Crippen LogP contribution in [0, 0.1) is 11.8 Å². The van der Waals surface area contributed by atoms with Gasteiger partial charge in [0.15, 0.2) is 5.78 Å². The molecule has 1 fully saturated rings. The fraction of sp³-hybridized carbons (Fsp3) is 0.643. The van der Waals surface area contributed by atoms with Crippen LogP contribution in [0.2, 0.25) is 0 Å². The summed E-state index contributed by atoms with van der Waals surface area (Å²) in [5.41, 5.74) is 0. The van der Waals surface area contributed by atoms with Gasteiger partial charge in [0, 0.05) is 5.92 Å². The lowest BCUT2D eigenvalue weighted by molar-refractivity contribution is 0.0822. The zero-order valence-electron chi connectivity index (χ0n) is 10.6. The van der Waals surface area contributed by atoms with Gasteiger partial charge < -0.3 is 4.74 Å². The van der Waals surface area contributed by atoms with Crippen LogP contribution in [0.25, 0.3) is 0 Å². The average molecular weight is 252 g/mol. The maximum Gasteiger partial charge on any atom is 0.179 e. The molecule has 2 atom stereocenters. The van der Waals surface area contributed by atoms with Gasteiger partial charge >= 0.3 is 0 Å². The normalized spacial score (nSPS) is 24.6. The third-order valence-electron chi connectivity index (χ3n) is 3.84. The molecule has 0 aromatic carbocycles. The largest absolute Gasteiger partial charge is 0.495 e. The minimum atomic E-state index is 0.223. The summed E-state index contributed by atoms with van der Waals surface area (Å²) in [7, 11) is 1.64. The summed E-state index contributed by atoms with van der Waals surface area (Å²) < 4.78 is 5.26. The first kappa shape index (κ1) is 12.6. The molecular formula is C14H20O2S. The summed E-state index contributed by atoms with van der Waals surface area (Å²) >= 11 is 1.51. The Kier molecular flexibility index (Phi) is 4.21. The van der Waals surface area contributed by atoms with Crippen molar-refractivity contribution in [2.24, 2.45) is 11.8 Å². The van der Waals surface area contributed by atoms with E-state index in [1.807, 2.05) is 11.4 Å². The van der Waals surface area contributed by atoms with E-state index in [0.29, 0.717) is 11.7 Å². The Labute approximate surface area is 107 Å². The van der Waals surface area contributed by atoms with Gasteiger partial charge in [-0.1, -0.05) is 26.2 Å². The molecule has 1 saturated carbocycles. The van der Waals surface area contributed by atoms with Gasteiger partial charge in [0.1, 0.15) is 10.6 Å². The van der Waals surface area contributed by atoms with Crippen molar-refractivity contribution in [3.05, 3.63) is 16.3 Å². The van der Waals surface area contributed by atoms with Crippen molar-refractivity contribution in [3.63, 3.8) is 0 Å². The Morgan fingerprint density at radius 1 is 1.47 bits per heavy atom. The van der Waals surface area contributed by atoms with Crippen molar-refractivity contribution in [3.8, 4) is 5.75 Å². The monoisotopic (exact) mass is 252 g/mol. The molecule has 1 aromatic rings. The first-order valence-corrected chi connectivity index (χ1v) is 7.31. The highest BCUT2D eigenvalue weighted by atomic mass is 32.1. The zero-order valence-corrected chi connectivity index (χ0v) is 11.4. The Morgan fingerprint density at radius 3 is 2.94 bits per heavy atom. The molecule has 1 aromatic heterocycles. The highest BCUT2D eigenvalue weighted by molar-refractivity contribution is 7.12. The topological polar surface area (TPSA) is 26.3 Å². The third-order valence-corrected chi connectivity index (χ3v) is 4.75. The van der Waals surface area contributed by atoms with Crippen molar-refractivity contribution >= 4 is 17.1 Å². The lowest BCUT2D eigenvalue weighted by Gasteiger charge is -2.29. The van der Waals surface area contributed by atoms with E-state index < -0.39 is 0 Å². The molecule has 0 radical (unpaired) electrons. The minimum absolute atomic E-state index is 0.223. The van der Waals surface area contributed by atoms with E-state index in [1.54, 1.807) is 7.11 Å². The summed E-state index contributed by atoms with van der Waals surface area (Å²) in [4.78, 5) is 13.4. The second kappa shape index (κ2) is 5.67. The fourth-order valence-electron chi connectivity index (χ4n) is 2.85. The van der Waals surface area contributed by atoms with Gasteiger partial charge in [-0.25, -0.2) is 0 Å². The lowest BCUT2D eigenvalue weighted by atomic mass is 9.75. The number of thiophene rings is 1.